The number of anilines is 1. The molecule has 0 aromatic heterocycles. The lowest BCUT2D eigenvalue weighted by Crippen LogP contribution is -2.13. The third kappa shape index (κ3) is 2.56. The number of amides is 1. The molecule has 104 valence electrons. The summed E-state index contributed by atoms with van der Waals surface area (Å²) in [6, 6.07) is 4.91. The van der Waals surface area contributed by atoms with E-state index in [0.29, 0.717) is 6.07 Å². The summed E-state index contributed by atoms with van der Waals surface area (Å²) in [4.78, 5) is 11.8. The molecule has 0 saturated carbocycles. The fourth-order valence-corrected chi connectivity index (χ4v) is 1.52. The summed E-state index contributed by atoms with van der Waals surface area (Å²) in [5, 5.41) is 39.0. The Morgan fingerprint density at radius 3 is 2.15 bits per heavy atom. The summed E-state index contributed by atoms with van der Waals surface area (Å²) in [6.07, 6.45) is 0. The minimum Gasteiger partial charge on any atom is -0.504 e. The molecule has 7 heteroatoms. The number of hydrogen-bond donors (Lipinski definition) is 5. The van der Waals surface area contributed by atoms with Gasteiger partial charge in [0.25, 0.3) is 5.91 Å². The number of phenolic OH excluding ortho intramolecular Hbond substituents is 4. The van der Waals surface area contributed by atoms with Crippen LogP contribution in [-0.2, 0) is 0 Å². The summed E-state index contributed by atoms with van der Waals surface area (Å²) in [5.41, 5.74) is -0.356. The van der Waals surface area contributed by atoms with E-state index in [-0.39, 0.29) is 11.4 Å². The Bertz CT molecular complexity index is 687. The van der Waals surface area contributed by atoms with Crippen molar-refractivity contribution in [3.8, 4) is 23.0 Å². The Morgan fingerprint density at radius 2 is 1.50 bits per heavy atom. The van der Waals surface area contributed by atoms with Gasteiger partial charge in [-0.05, 0) is 18.2 Å². The molecule has 0 heterocycles. The molecule has 2 aromatic carbocycles. The van der Waals surface area contributed by atoms with Crippen LogP contribution in [0.5, 0.6) is 23.0 Å². The number of aromatic hydroxyl groups is 4. The van der Waals surface area contributed by atoms with Crippen molar-refractivity contribution in [3.05, 3.63) is 41.7 Å². The molecule has 0 fully saturated rings. The van der Waals surface area contributed by atoms with Gasteiger partial charge < -0.3 is 25.7 Å². The second kappa shape index (κ2) is 4.96. The van der Waals surface area contributed by atoms with Gasteiger partial charge in [0.05, 0.1) is 5.56 Å². The van der Waals surface area contributed by atoms with Crippen molar-refractivity contribution in [2.45, 2.75) is 0 Å². The summed E-state index contributed by atoms with van der Waals surface area (Å²) in [5.74, 6) is -4.02. The van der Waals surface area contributed by atoms with Gasteiger partial charge in [-0.2, -0.15) is 0 Å². The van der Waals surface area contributed by atoms with E-state index < -0.39 is 34.5 Å². The number of hydrogen-bond acceptors (Lipinski definition) is 5. The zero-order chi connectivity index (χ0) is 14.9. The van der Waals surface area contributed by atoms with Crippen LogP contribution in [0.25, 0.3) is 0 Å². The van der Waals surface area contributed by atoms with Crippen LogP contribution >= 0.6 is 0 Å². The van der Waals surface area contributed by atoms with E-state index >= 15 is 0 Å². The average molecular weight is 279 g/mol. The number of rotatable bonds is 2. The largest absolute Gasteiger partial charge is 0.504 e. The first-order chi connectivity index (χ1) is 9.38. The first-order valence-corrected chi connectivity index (χ1v) is 5.43. The van der Waals surface area contributed by atoms with E-state index in [2.05, 4.69) is 5.32 Å². The van der Waals surface area contributed by atoms with E-state index in [1.807, 2.05) is 0 Å². The van der Waals surface area contributed by atoms with Crippen LogP contribution in [0.15, 0.2) is 30.3 Å². The normalized spacial score (nSPS) is 10.2. The molecule has 0 spiro atoms. The topological polar surface area (TPSA) is 110 Å². The third-order valence-electron chi connectivity index (χ3n) is 2.54. The number of halogens is 1. The lowest BCUT2D eigenvalue weighted by atomic mass is 10.1. The second-order valence-electron chi connectivity index (χ2n) is 3.98. The maximum atomic E-state index is 13.5. The van der Waals surface area contributed by atoms with E-state index in [0.717, 1.165) is 18.2 Å². The Kier molecular flexibility index (Phi) is 3.34. The minimum atomic E-state index is -1.01. The predicted molar refractivity (Wildman–Crippen MR) is 67.5 cm³/mol. The molecule has 0 bridgehead atoms. The number of carbonyl (C=O) groups excluding carboxylic acids is 1. The van der Waals surface area contributed by atoms with Gasteiger partial charge in [0.15, 0.2) is 23.0 Å². The van der Waals surface area contributed by atoms with Crippen LogP contribution in [0, 0.1) is 5.82 Å². The van der Waals surface area contributed by atoms with Crippen molar-refractivity contribution in [1.82, 2.24) is 0 Å². The smallest absolute Gasteiger partial charge is 0.258 e. The second-order valence-corrected chi connectivity index (χ2v) is 3.98. The maximum absolute atomic E-state index is 13.5. The molecular formula is C13H10FNO5. The number of nitrogens with one attached hydrogen (secondary N) is 1. The standard InChI is InChI=1S/C13H10FNO5/c14-8-5-12(19)11(18)4-7(8)13(20)15-6-1-2-9(16)10(17)3-6/h1-5,16-19H,(H,15,20). The van der Waals surface area contributed by atoms with Gasteiger partial charge in [-0.15, -0.1) is 0 Å². The Hall–Kier alpha value is -2.96. The van der Waals surface area contributed by atoms with E-state index in [9.17, 15) is 19.4 Å². The van der Waals surface area contributed by atoms with Crippen LogP contribution in [0.2, 0.25) is 0 Å². The molecule has 6 nitrogen and oxygen atoms in total. The molecule has 20 heavy (non-hydrogen) atoms. The highest BCUT2D eigenvalue weighted by atomic mass is 19.1. The Balaban J connectivity index is 2.28. The molecule has 1 amide bonds. The van der Waals surface area contributed by atoms with Crippen LogP contribution in [0.3, 0.4) is 0 Å². The van der Waals surface area contributed by atoms with Gasteiger partial charge in [0.2, 0.25) is 0 Å². The zero-order valence-electron chi connectivity index (χ0n) is 9.96. The Morgan fingerprint density at radius 1 is 0.900 bits per heavy atom. The monoisotopic (exact) mass is 279 g/mol. The lowest BCUT2D eigenvalue weighted by molar-refractivity contribution is 0.102. The number of carbonyl (C=O) groups is 1. The molecule has 0 aliphatic carbocycles. The van der Waals surface area contributed by atoms with Crippen molar-refractivity contribution < 1.29 is 29.6 Å². The fourth-order valence-electron chi connectivity index (χ4n) is 1.52. The molecule has 0 saturated heterocycles. The predicted octanol–water partition coefficient (Wildman–Crippen LogP) is 1.90. The van der Waals surface area contributed by atoms with E-state index in [4.69, 9.17) is 10.2 Å². The van der Waals surface area contributed by atoms with Crippen molar-refractivity contribution in [1.29, 1.82) is 0 Å². The van der Waals surface area contributed by atoms with Gasteiger partial charge in [0.1, 0.15) is 5.82 Å². The summed E-state index contributed by atoms with van der Waals surface area (Å²) in [6.45, 7) is 0. The van der Waals surface area contributed by atoms with Crippen LogP contribution < -0.4 is 5.32 Å². The van der Waals surface area contributed by atoms with Crippen molar-refractivity contribution in [2.24, 2.45) is 0 Å². The quantitative estimate of drug-likeness (QED) is 0.426. The molecule has 0 radical (unpaired) electrons. The maximum Gasteiger partial charge on any atom is 0.258 e. The van der Waals surface area contributed by atoms with Crippen LogP contribution in [0.4, 0.5) is 10.1 Å². The van der Waals surface area contributed by atoms with Gasteiger partial charge >= 0.3 is 0 Å². The molecule has 0 aliphatic heterocycles. The molecule has 5 N–H and O–H groups in total. The molecular weight excluding hydrogens is 269 g/mol. The van der Waals surface area contributed by atoms with Crippen molar-refractivity contribution in [2.75, 3.05) is 5.32 Å². The van der Waals surface area contributed by atoms with Crippen molar-refractivity contribution >= 4 is 11.6 Å². The van der Waals surface area contributed by atoms with Crippen molar-refractivity contribution in [3.63, 3.8) is 0 Å². The van der Waals surface area contributed by atoms with Crippen LogP contribution in [0.1, 0.15) is 10.4 Å². The molecule has 0 aliphatic rings. The molecule has 0 unspecified atom stereocenters. The number of phenols is 4. The first-order valence-electron chi connectivity index (χ1n) is 5.43. The summed E-state index contributed by atoms with van der Waals surface area (Å²) in [7, 11) is 0. The van der Waals surface area contributed by atoms with Crippen LogP contribution in [-0.4, -0.2) is 26.3 Å². The van der Waals surface area contributed by atoms with Gasteiger partial charge in [-0.25, -0.2) is 4.39 Å². The summed E-state index contributed by atoms with van der Waals surface area (Å²) < 4.78 is 13.5. The highest BCUT2D eigenvalue weighted by Crippen LogP contribution is 2.30. The molecule has 0 atom stereocenters. The summed E-state index contributed by atoms with van der Waals surface area (Å²) >= 11 is 0. The average Bonchev–Trinajstić information content (AvgIpc) is 2.38. The van der Waals surface area contributed by atoms with Gasteiger partial charge in [-0.1, -0.05) is 0 Å². The Labute approximate surface area is 112 Å². The van der Waals surface area contributed by atoms with Gasteiger partial charge in [0, 0.05) is 17.8 Å². The lowest BCUT2D eigenvalue weighted by Gasteiger charge is -2.08. The zero-order valence-corrected chi connectivity index (χ0v) is 9.96. The fraction of sp³-hybridized carbons (Fsp3) is 0. The number of benzene rings is 2. The minimum absolute atomic E-state index is 0.122. The van der Waals surface area contributed by atoms with E-state index in [1.165, 1.54) is 6.07 Å². The molecule has 2 rings (SSSR count). The van der Waals surface area contributed by atoms with E-state index in [1.54, 1.807) is 0 Å². The highest BCUT2D eigenvalue weighted by Gasteiger charge is 2.16. The highest BCUT2D eigenvalue weighted by molar-refractivity contribution is 6.05. The molecule has 2 aromatic rings. The van der Waals surface area contributed by atoms with Gasteiger partial charge in [-0.3, -0.25) is 4.79 Å². The first kappa shape index (κ1) is 13.5. The SMILES string of the molecule is O=C(Nc1ccc(O)c(O)c1)c1cc(O)c(O)cc1F. The third-order valence-corrected chi connectivity index (χ3v) is 2.54.